The van der Waals surface area contributed by atoms with Crippen molar-refractivity contribution in [1.82, 2.24) is 16.0 Å². The average Bonchev–Trinajstić information content (AvgIpc) is 2.69. The largest absolute Gasteiger partial charge is 0.481 e. The third-order valence-corrected chi connectivity index (χ3v) is 4.15. The number of aliphatic hydroxyl groups is 1. The van der Waals surface area contributed by atoms with E-state index in [0.717, 1.165) is 0 Å². The van der Waals surface area contributed by atoms with E-state index in [4.69, 9.17) is 27.4 Å². The van der Waals surface area contributed by atoms with E-state index >= 15 is 0 Å². The summed E-state index contributed by atoms with van der Waals surface area (Å²) in [7, 11) is 0. The smallest absolute Gasteiger partial charge is 0.326 e. The van der Waals surface area contributed by atoms with Crippen molar-refractivity contribution in [3.63, 3.8) is 0 Å². The highest BCUT2D eigenvalue weighted by Gasteiger charge is 2.31. The van der Waals surface area contributed by atoms with Crippen LogP contribution in [0.25, 0.3) is 0 Å². The molecule has 0 radical (unpaired) electrons. The molecule has 0 aromatic heterocycles. The molecule has 0 aromatic carbocycles. The maximum Gasteiger partial charge on any atom is 0.326 e. The predicted molar refractivity (Wildman–Crippen MR) is 107 cm³/mol. The van der Waals surface area contributed by atoms with Crippen molar-refractivity contribution in [1.29, 1.82) is 0 Å². The molecule has 0 rings (SSSR count). The van der Waals surface area contributed by atoms with Gasteiger partial charge in [0, 0.05) is 0 Å². The molecule has 15 heteroatoms. The SMILES string of the molecule is NCCCCC(N)C(=O)NC(CC(=O)O)C(=O)NC(CO)C(=O)NC(CC(N)=O)C(=O)O. The van der Waals surface area contributed by atoms with Gasteiger partial charge in [0.25, 0.3) is 0 Å². The Kier molecular flexibility index (Phi) is 13.1. The molecule has 15 nitrogen and oxygen atoms in total. The van der Waals surface area contributed by atoms with Gasteiger partial charge in [0.05, 0.1) is 25.5 Å². The zero-order valence-electron chi connectivity index (χ0n) is 17.3. The normalized spacial score (nSPS) is 14.3. The van der Waals surface area contributed by atoms with E-state index in [1.807, 2.05) is 10.6 Å². The van der Waals surface area contributed by atoms with Crippen LogP contribution in [0.5, 0.6) is 0 Å². The second-order valence-corrected chi connectivity index (χ2v) is 6.86. The number of hydrogen-bond donors (Lipinski definition) is 9. The number of carboxylic acid groups (broad SMARTS) is 2. The summed E-state index contributed by atoms with van der Waals surface area (Å²) in [4.78, 5) is 69.9. The molecule has 0 heterocycles. The van der Waals surface area contributed by atoms with Gasteiger partial charge >= 0.3 is 11.9 Å². The Morgan fingerprint density at radius 2 is 1.31 bits per heavy atom. The standard InChI is InChI=1S/C17H30N6O9/c18-4-2-1-3-8(19)14(28)21-9(6-13(26)27)15(29)23-11(7-24)16(30)22-10(17(31)32)5-12(20)25/h8-11,24H,1-7,18-19H2,(H2,20,25)(H,21,28)(H,22,30)(H,23,29)(H,26,27)(H,31,32). The van der Waals surface area contributed by atoms with Gasteiger partial charge in [-0.25, -0.2) is 4.79 Å². The Balaban J connectivity index is 5.20. The van der Waals surface area contributed by atoms with Crippen LogP contribution in [0, 0.1) is 0 Å². The van der Waals surface area contributed by atoms with E-state index in [1.54, 1.807) is 0 Å². The molecular formula is C17H30N6O9. The number of carbonyl (C=O) groups excluding carboxylic acids is 4. The van der Waals surface area contributed by atoms with E-state index in [2.05, 4.69) is 5.32 Å². The van der Waals surface area contributed by atoms with Crippen molar-refractivity contribution < 1.29 is 44.1 Å². The highest BCUT2D eigenvalue weighted by Crippen LogP contribution is 2.02. The molecule has 182 valence electrons. The summed E-state index contributed by atoms with van der Waals surface area (Å²) in [6, 6.07) is -6.09. The monoisotopic (exact) mass is 462 g/mol. The fourth-order valence-electron chi connectivity index (χ4n) is 2.44. The molecular weight excluding hydrogens is 432 g/mol. The van der Waals surface area contributed by atoms with Gasteiger partial charge in [-0.15, -0.1) is 0 Å². The van der Waals surface area contributed by atoms with E-state index in [9.17, 15) is 33.9 Å². The summed E-state index contributed by atoms with van der Waals surface area (Å²) in [6.45, 7) is -0.599. The molecule has 0 saturated heterocycles. The summed E-state index contributed by atoms with van der Waals surface area (Å²) >= 11 is 0. The lowest BCUT2D eigenvalue weighted by Gasteiger charge is -2.23. The third kappa shape index (κ3) is 11.2. The molecule has 0 aromatic rings. The zero-order valence-corrected chi connectivity index (χ0v) is 17.3. The summed E-state index contributed by atoms with van der Waals surface area (Å²) in [5.41, 5.74) is 16.0. The average molecular weight is 462 g/mol. The molecule has 0 fully saturated rings. The Bertz CT molecular complexity index is 702. The first kappa shape index (κ1) is 28.7. The zero-order chi connectivity index (χ0) is 24.8. The molecule has 12 N–H and O–H groups in total. The molecule has 0 aliphatic heterocycles. The molecule has 0 saturated carbocycles. The van der Waals surface area contributed by atoms with Crippen LogP contribution >= 0.6 is 0 Å². The highest BCUT2D eigenvalue weighted by atomic mass is 16.4. The number of aliphatic carboxylic acids is 2. The molecule has 0 aliphatic rings. The number of carboxylic acids is 2. The van der Waals surface area contributed by atoms with Gasteiger partial charge in [0.2, 0.25) is 23.6 Å². The van der Waals surface area contributed by atoms with Crippen LogP contribution in [0.2, 0.25) is 0 Å². The first-order valence-electron chi connectivity index (χ1n) is 9.63. The summed E-state index contributed by atoms with van der Waals surface area (Å²) in [5.74, 6) is -7.16. The number of nitrogens with one attached hydrogen (secondary N) is 3. The molecule has 4 amide bonds. The van der Waals surface area contributed by atoms with Gasteiger partial charge in [-0.3, -0.25) is 24.0 Å². The van der Waals surface area contributed by atoms with Crippen molar-refractivity contribution in [3.05, 3.63) is 0 Å². The molecule has 0 bridgehead atoms. The number of hydrogen-bond acceptors (Lipinski definition) is 9. The van der Waals surface area contributed by atoms with E-state index < -0.39 is 79.2 Å². The van der Waals surface area contributed by atoms with Crippen molar-refractivity contribution in [3.8, 4) is 0 Å². The number of aliphatic hydroxyl groups excluding tert-OH is 1. The fourth-order valence-corrected chi connectivity index (χ4v) is 2.44. The quantitative estimate of drug-likeness (QED) is 0.0982. The number of unbranched alkanes of at least 4 members (excludes halogenated alkanes) is 1. The molecule has 32 heavy (non-hydrogen) atoms. The topological polar surface area (TPSA) is 277 Å². The summed E-state index contributed by atoms with van der Waals surface area (Å²) in [6.07, 6.45) is -0.216. The second-order valence-electron chi connectivity index (χ2n) is 6.86. The van der Waals surface area contributed by atoms with E-state index in [0.29, 0.717) is 19.4 Å². The molecule has 4 unspecified atom stereocenters. The van der Waals surface area contributed by atoms with Crippen LogP contribution in [0.4, 0.5) is 0 Å². The highest BCUT2D eigenvalue weighted by molar-refractivity contribution is 5.96. The van der Waals surface area contributed by atoms with Crippen LogP contribution in [0.1, 0.15) is 32.1 Å². The minimum absolute atomic E-state index is 0.239. The van der Waals surface area contributed by atoms with E-state index in [-0.39, 0.29) is 6.42 Å². The fraction of sp³-hybridized carbons (Fsp3) is 0.647. The van der Waals surface area contributed by atoms with Crippen LogP contribution in [-0.2, 0) is 28.8 Å². The van der Waals surface area contributed by atoms with Crippen LogP contribution in [0.15, 0.2) is 0 Å². The number of primary amides is 1. The molecule has 0 aliphatic carbocycles. The van der Waals surface area contributed by atoms with Gasteiger partial charge < -0.3 is 48.5 Å². The number of carbonyl (C=O) groups is 6. The van der Waals surface area contributed by atoms with Crippen molar-refractivity contribution >= 4 is 35.6 Å². The third-order valence-electron chi connectivity index (χ3n) is 4.15. The number of rotatable bonds is 16. The lowest BCUT2D eigenvalue weighted by molar-refractivity contribution is -0.144. The Labute approximate surface area is 183 Å². The first-order chi connectivity index (χ1) is 14.9. The van der Waals surface area contributed by atoms with Crippen molar-refractivity contribution in [2.75, 3.05) is 13.2 Å². The Hall–Kier alpha value is -3.30. The van der Waals surface area contributed by atoms with Crippen LogP contribution in [0.3, 0.4) is 0 Å². The maximum absolute atomic E-state index is 12.4. The first-order valence-corrected chi connectivity index (χ1v) is 9.63. The van der Waals surface area contributed by atoms with Crippen molar-refractivity contribution in [2.45, 2.75) is 56.3 Å². The Morgan fingerprint density at radius 1 is 0.781 bits per heavy atom. The van der Waals surface area contributed by atoms with E-state index in [1.165, 1.54) is 0 Å². The second kappa shape index (κ2) is 14.7. The van der Waals surface area contributed by atoms with Crippen molar-refractivity contribution in [2.24, 2.45) is 17.2 Å². The van der Waals surface area contributed by atoms with Crippen LogP contribution < -0.4 is 33.2 Å². The van der Waals surface area contributed by atoms with Gasteiger partial charge in [-0.1, -0.05) is 6.42 Å². The molecule has 0 spiro atoms. The minimum Gasteiger partial charge on any atom is -0.481 e. The summed E-state index contributed by atoms with van der Waals surface area (Å²) in [5, 5.41) is 33.5. The number of amides is 4. The molecule has 4 atom stereocenters. The van der Waals surface area contributed by atoms with Gasteiger partial charge in [-0.2, -0.15) is 0 Å². The summed E-state index contributed by atoms with van der Waals surface area (Å²) < 4.78 is 0. The lowest BCUT2D eigenvalue weighted by atomic mass is 10.1. The minimum atomic E-state index is -1.72. The maximum atomic E-state index is 12.4. The van der Waals surface area contributed by atoms with Gasteiger partial charge in [0.15, 0.2) is 0 Å². The lowest BCUT2D eigenvalue weighted by Crippen LogP contribution is -2.58. The Morgan fingerprint density at radius 3 is 1.78 bits per heavy atom. The van der Waals surface area contributed by atoms with Gasteiger partial charge in [-0.05, 0) is 19.4 Å². The predicted octanol–water partition coefficient (Wildman–Crippen LogP) is -4.68. The van der Waals surface area contributed by atoms with Crippen LogP contribution in [-0.4, -0.2) is 88.2 Å². The number of nitrogens with two attached hydrogens (primary N) is 3. The van der Waals surface area contributed by atoms with Gasteiger partial charge in [0.1, 0.15) is 18.1 Å².